The Bertz CT molecular complexity index is 474. The average molecular weight is 244 g/mol. The maximum Gasteiger partial charge on any atom is 0.242 e. The summed E-state index contributed by atoms with van der Waals surface area (Å²) in [5.41, 5.74) is 0.368. The third kappa shape index (κ3) is 2.77. The largest absolute Gasteiger partial charge is 0.350 e. The van der Waals surface area contributed by atoms with Crippen LogP contribution < -0.4 is 4.90 Å². The van der Waals surface area contributed by atoms with Crippen LogP contribution >= 0.6 is 0 Å². The number of rotatable bonds is 3. The molecule has 0 atom stereocenters. The zero-order valence-corrected chi connectivity index (χ0v) is 10.5. The van der Waals surface area contributed by atoms with Crippen molar-refractivity contribution in [3.63, 3.8) is 0 Å². The van der Waals surface area contributed by atoms with Crippen molar-refractivity contribution < 1.29 is 4.79 Å². The van der Waals surface area contributed by atoms with E-state index in [1.807, 2.05) is 18.0 Å². The van der Waals surface area contributed by atoms with Crippen molar-refractivity contribution in [1.29, 1.82) is 5.26 Å². The molecule has 94 valence electrons. The number of likely N-dealkylation sites (N-methyl/N-ethyl adjacent to an activating group) is 1. The number of amides is 1. The van der Waals surface area contributed by atoms with Gasteiger partial charge in [-0.2, -0.15) is 5.26 Å². The van der Waals surface area contributed by atoms with E-state index < -0.39 is 0 Å². The zero-order chi connectivity index (χ0) is 13.0. The van der Waals surface area contributed by atoms with E-state index >= 15 is 0 Å². The number of carbonyl (C=O) groups excluding carboxylic acids is 1. The molecular weight excluding hydrogens is 228 g/mol. The Labute approximate surface area is 107 Å². The quantitative estimate of drug-likeness (QED) is 0.796. The molecule has 2 rings (SSSR count). The van der Waals surface area contributed by atoms with E-state index in [-0.39, 0.29) is 5.91 Å². The third-order valence-electron chi connectivity index (χ3n) is 3.07. The van der Waals surface area contributed by atoms with Gasteiger partial charge in [-0.3, -0.25) is 4.79 Å². The molecule has 1 saturated heterocycles. The SMILES string of the molecule is CN(CC(=O)N1CCCC1)c1cccc(C#N)n1. The second kappa shape index (κ2) is 5.50. The van der Waals surface area contributed by atoms with Crippen molar-refractivity contribution in [2.24, 2.45) is 0 Å². The Kier molecular flexibility index (Phi) is 3.78. The molecular formula is C13H16N4O. The van der Waals surface area contributed by atoms with Gasteiger partial charge in [0.1, 0.15) is 17.6 Å². The van der Waals surface area contributed by atoms with Gasteiger partial charge in [0, 0.05) is 20.1 Å². The number of nitriles is 1. The number of pyridine rings is 1. The molecule has 0 aliphatic carbocycles. The molecule has 0 saturated carbocycles. The minimum atomic E-state index is 0.124. The molecule has 1 aliphatic rings. The fraction of sp³-hybridized carbons (Fsp3) is 0.462. The van der Waals surface area contributed by atoms with Gasteiger partial charge < -0.3 is 9.80 Å². The Balaban J connectivity index is 2.00. The highest BCUT2D eigenvalue weighted by Crippen LogP contribution is 2.12. The van der Waals surface area contributed by atoms with Gasteiger partial charge in [-0.1, -0.05) is 6.07 Å². The lowest BCUT2D eigenvalue weighted by atomic mass is 10.3. The van der Waals surface area contributed by atoms with Gasteiger partial charge in [0.05, 0.1) is 6.54 Å². The highest BCUT2D eigenvalue weighted by Gasteiger charge is 2.19. The predicted octanol–water partition coefficient (Wildman–Crippen LogP) is 1.01. The normalized spacial score (nSPS) is 14.3. The summed E-state index contributed by atoms with van der Waals surface area (Å²) >= 11 is 0. The smallest absolute Gasteiger partial charge is 0.242 e. The summed E-state index contributed by atoms with van der Waals surface area (Å²) in [6, 6.07) is 7.23. The van der Waals surface area contributed by atoms with E-state index in [0.29, 0.717) is 18.1 Å². The maximum atomic E-state index is 12.0. The molecule has 1 fully saturated rings. The first-order chi connectivity index (χ1) is 8.70. The molecule has 1 aromatic heterocycles. The second-order valence-corrected chi connectivity index (χ2v) is 4.44. The number of aromatic nitrogens is 1. The molecule has 0 unspecified atom stereocenters. The number of anilines is 1. The van der Waals surface area contributed by atoms with Crippen molar-refractivity contribution in [3.05, 3.63) is 23.9 Å². The summed E-state index contributed by atoms with van der Waals surface area (Å²) < 4.78 is 0. The van der Waals surface area contributed by atoms with Crippen LogP contribution in [0.2, 0.25) is 0 Å². The molecule has 2 heterocycles. The van der Waals surface area contributed by atoms with Crippen LogP contribution in [0.25, 0.3) is 0 Å². The molecule has 5 heteroatoms. The first-order valence-corrected chi connectivity index (χ1v) is 6.07. The van der Waals surface area contributed by atoms with E-state index in [4.69, 9.17) is 5.26 Å². The highest BCUT2D eigenvalue weighted by atomic mass is 16.2. The number of hydrogen-bond acceptors (Lipinski definition) is 4. The van der Waals surface area contributed by atoms with Crippen LogP contribution in [0, 0.1) is 11.3 Å². The lowest BCUT2D eigenvalue weighted by Crippen LogP contribution is -2.37. The van der Waals surface area contributed by atoms with E-state index in [9.17, 15) is 4.79 Å². The van der Waals surface area contributed by atoms with Gasteiger partial charge in [-0.15, -0.1) is 0 Å². The number of hydrogen-bond donors (Lipinski definition) is 0. The van der Waals surface area contributed by atoms with Crippen LogP contribution in [0.3, 0.4) is 0 Å². The maximum absolute atomic E-state index is 12.0. The first-order valence-electron chi connectivity index (χ1n) is 6.07. The summed E-state index contributed by atoms with van der Waals surface area (Å²) in [5.74, 6) is 0.778. The van der Waals surface area contributed by atoms with Gasteiger partial charge in [-0.05, 0) is 25.0 Å². The lowest BCUT2D eigenvalue weighted by Gasteiger charge is -2.22. The van der Waals surface area contributed by atoms with E-state index in [1.165, 1.54) is 0 Å². The van der Waals surface area contributed by atoms with Crippen LogP contribution in [0.5, 0.6) is 0 Å². The molecule has 1 amide bonds. The van der Waals surface area contributed by atoms with E-state index in [0.717, 1.165) is 25.9 Å². The van der Waals surface area contributed by atoms with Crippen LogP contribution in [-0.4, -0.2) is 42.5 Å². The summed E-state index contributed by atoms with van der Waals surface area (Å²) in [6.07, 6.45) is 2.19. The molecule has 1 aromatic rings. The Morgan fingerprint density at radius 3 is 2.89 bits per heavy atom. The van der Waals surface area contributed by atoms with Crippen molar-refractivity contribution in [3.8, 4) is 6.07 Å². The number of carbonyl (C=O) groups is 1. The van der Waals surface area contributed by atoms with Crippen molar-refractivity contribution >= 4 is 11.7 Å². The molecule has 18 heavy (non-hydrogen) atoms. The van der Waals surface area contributed by atoms with Gasteiger partial charge in [0.25, 0.3) is 0 Å². The molecule has 0 N–H and O–H groups in total. The number of likely N-dealkylation sites (tertiary alicyclic amines) is 1. The van der Waals surface area contributed by atoms with Gasteiger partial charge in [0.15, 0.2) is 0 Å². The standard InChI is InChI=1S/C13H16N4O/c1-16(10-13(18)17-7-2-3-8-17)12-6-4-5-11(9-14)15-12/h4-6H,2-3,7-8,10H2,1H3. The van der Waals surface area contributed by atoms with Crippen LogP contribution in [0.15, 0.2) is 18.2 Å². The number of nitrogens with zero attached hydrogens (tertiary/aromatic N) is 4. The third-order valence-corrected chi connectivity index (χ3v) is 3.07. The lowest BCUT2D eigenvalue weighted by molar-refractivity contribution is -0.128. The summed E-state index contributed by atoms with van der Waals surface area (Å²) in [4.78, 5) is 19.8. The summed E-state index contributed by atoms with van der Waals surface area (Å²) in [7, 11) is 1.82. The Morgan fingerprint density at radius 2 is 2.22 bits per heavy atom. The summed E-state index contributed by atoms with van der Waals surface area (Å²) in [5, 5.41) is 8.79. The van der Waals surface area contributed by atoms with Crippen molar-refractivity contribution in [2.45, 2.75) is 12.8 Å². The highest BCUT2D eigenvalue weighted by molar-refractivity contribution is 5.81. The molecule has 0 radical (unpaired) electrons. The van der Waals surface area contributed by atoms with E-state index in [1.54, 1.807) is 23.1 Å². The first kappa shape index (κ1) is 12.4. The van der Waals surface area contributed by atoms with Gasteiger partial charge in [-0.25, -0.2) is 4.98 Å². The van der Waals surface area contributed by atoms with Gasteiger partial charge >= 0.3 is 0 Å². The molecule has 5 nitrogen and oxygen atoms in total. The minimum Gasteiger partial charge on any atom is -0.350 e. The van der Waals surface area contributed by atoms with Crippen LogP contribution in [-0.2, 0) is 4.79 Å². The fourth-order valence-corrected chi connectivity index (χ4v) is 2.05. The van der Waals surface area contributed by atoms with Crippen molar-refractivity contribution in [1.82, 2.24) is 9.88 Å². The Hall–Kier alpha value is -2.09. The monoisotopic (exact) mass is 244 g/mol. The van der Waals surface area contributed by atoms with Crippen LogP contribution in [0.4, 0.5) is 5.82 Å². The van der Waals surface area contributed by atoms with Crippen LogP contribution in [0.1, 0.15) is 18.5 Å². The van der Waals surface area contributed by atoms with Gasteiger partial charge in [0.2, 0.25) is 5.91 Å². The molecule has 0 spiro atoms. The molecule has 1 aliphatic heterocycles. The van der Waals surface area contributed by atoms with Crippen molar-refractivity contribution in [2.75, 3.05) is 31.6 Å². The fourth-order valence-electron chi connectivity index (χ4n) is 2.05. The minimum absolute atomic E-state index is 0.124. The second-order valence-electron chi connectivity index (χ2n) is 4.44. The topological polar surface area (TPSA) is 60.2 Å². The average Bonchev–Trinajstić information content (AvgIpc) is 2.92. The predicted molar refractivity (Wildman–Crippen MR) is 68.0 cm³/mol. The zero-order valence-electron chi connectivity index (χ0n) is 10.5. The summed E-state index contributed by atoms with van der Waals surface area (Å²) in [6.45, 7) is 2.03. The molecule has 0 bridgehead atoms. The molecule has 0 aromatic carbocycles. The van der Waals surface area contributed by atoms with E-state index in [2.05, 4.69) is 4.98 Å². The Morgan fingerprint density at radius 1 is 1.50 bits per heavy atom.